The summed E-state index contributed by atoms with van der Waals surface area (Å²) in [6, 6.07) is 1.60. The van der Waals surface area contributed by atoms with E-state index in [1.807, 2.05) is 0 Å². The van der Waals surface area contributed by atoms with Gasteiger partial charge in [0.25, 0.3) is 0 Å². The Labute approximate surface area is 114 Å². The number of esters is 1. The molecular formula is C12H14FNO6. The fourth-order valence-electron chi connectivity index (χ4n) is 1.45. The zero-order valence-electron chi connectivity index (χ0n) is 11.1. The summed E-state index contributed by atoms with van der Waals surface area (Å²) < 4.78 is 28.0. The number of halogens is 1. The molecule has 20 heavy (non-hydrogen) atoms. The van der Waals surface area contributed by atoms with E-state index in [2.05, 4.69) is 4.74 Å². The summed E-state index contributed by atoms with van der Waals surface area (Å²) in [5, 5.41) is 10.8. The third-order valence-corrected chi connectivity index (χ3v) is 2.40. The van der Waals surface area contributed by atoms with Crippen LogP contribution < -0.4 is 4.74 Å². The number of hydrogen-bond acceptors (Lipinski definition) is 6. The molecule has 0 spiro atoms. The monoisotopic (exact) mass is 287 g/mol. The highest BCUT2D eigenvalue weighted by Gasteiger charge is 2.23. The van der Waals surface area contributed by atoms with Crippen molar-refractivity contribution in [3.63, 3.8) is 0 Å². The fourth-order valence-corrected chi connectivity index (χ4v) is 1.45. The van der Waals surface area contributed by atoms with Gasteiger partial charge in [-0.25, -0.2) is 9.18 Å². The summed E-state index contributed by atoms with van der Waals surface area (Å²) in [5.74, 6) is -2.15. The van der Waals surface area contributed by atoms with Crippen LogP contribution in [0.2, 0.25) is 0 Å². The first-order chi connectivity index (χ1) is 9.51. The van der Waals surface area contributed by atoms with Crippen molar-refractivity contribution in [1.29, 1.82) is 0 Å². The van der Waals surface area contributed by atoms with Crippen molar-refractivity contribution in [2.24, 2.45) is 0 Å². The smallest absolute Gasteiger partial charge is 0.340 e. The molecular weight excluding hydrogens is 273 g/mol. The van der Waals surface area contributed by atoms with Crippen molar-refractivity contribution < 1.29 is 28.3 Å². The number of carbonyl (C=O) groups excluding carboxylic acids is 1. The number of nitrogens with zero attached hydrogens (tertiary/aromatic N) is 1. The van der Waals surface area contributed by atoms with Crippen LogP contribution in [0, 0.1) is 15.9 Å². The standard InChI is InChI=1S/C12H14FNO6/c1-18-4-3-5-20-11-6-8(12(15)19-2)9(13)7-10(11)14(16)17/h6-7H,3-5H2,1-2H3. The first kappa shape index (κ1) is 15.8. The lowest BCUT2D eigenvalue weighted by Crippen LogP contribution is -2.08. The summed E-state index contributed by atoms with van der Waals surface area (Å²) in [7, 11) is 2.60. The van der Waals surface area contributed by atoms with E-state index in [4.69, 9.17) is 9.47 Å². The van der Waals surface area contributed by atoms with Crippen LogP contribution in [0.5, 0.6) is 5.75 Å². The van der Waals surface area contributed by atoms with Crippen LogP contribution >= 0.6 is 0 Å². The number of benzene rings is 1. The minimum absolute atomic E-state index is 0.140. The van der Waals surface area contributed by atoms with Gasteiger partial charge in [0.2, 0.25) is 0 Å². The van der Waals surface area contributed by atoms with E-state index in [-0.39, 0.29) is 12.4 Å². The summed E-state index contributed by atoms with van der Waals surface area (Å²) in [6.07, 6.45) is 0.499. The molecule has 0 bridgehead atoms. The quantitative estimate of drug-likeness (QED) is 0.329. The molecule has 1 aromatic carbocycles. The van der Waals surface area contributed by atoms with E-state index in [9.17, 15) is 19.3 Å². The van der Waals surface area contributed by atoms with Gasteiger partial charge in [0.05, 0.1) is 30.3 Å². The van der Waals surface area contributed by atoms with Crippen molar-refractivity contribution in [3.8, 4) is 5.75 Å². The Morgan fingerprint density at radius 2 is 2.05 bits per heavy atom. The van der Waals surface area contributed by atoms with Crippen LogP contribution in [0.3, 0.4) is 0 Å². The SMILES string of the molecule is COCCCOc1cc(C(=O)OC)c(F)cc1[N+](=O)[O-]. The molecule has 0 atom stereocenters. The largest absolute Gasteiger partial charge is 0.487 e. The summed E-state index contributed by atoms with van der Waals surface area (Å²) in [4.78, 5) is 21.4. The van der Waals surface area contributed by atoms with Crippen LogP contribution in [-0.4, -0.2) is 38.3 Å². The Kier molecular flexibility index (Phi) is 5.85. The van der Waals surface area contributed by atoms with E-state index in [1.54, 1.807) is 0 Å². The second-order valence-corrected chi connectivity index (χ2v) is 3.74. The highest BCUT2D eigenvalue weighted by Crippen LogP contribution is 2.30. The number of ether oxygens (including phenoxy) is 3. The van der Waals surface area contributed by atoms with Gasteiger partial charge in [0.1, 0.15) is 5.82 Å². The minimum atomic E-state index is -1.03. The second-order valence-electron chi connectivity index (χ2n) is 3.74. The maximum Gasteiger partial charge on any atom is 0.340 e. The molecule has 1 aromatic rings. The van der Waals surface area contributed by atoms with E-state index in [0.29, 0.717) is 19.1 Å². The molecule has 0 N–H and O–H groups in total. The number of carbonyl (C=O) groups is 1. The zero-order chi connectivity index (χ0) is 15.1. The highest BCUT2D eigenvalue weighted by molar-refractivity contribution is 5.90. The molecule has 110 valence electrons. The van der Waals surface area contributed by atoms with E-state index in [0.717, 1.165) is 13.2 Å². The number of nitro groups is 1. The van der Waals surface area contributed by atoms with Crippen LogP contribution in [0.1, 0.15) is 16.8 Å². The molecule has 0 aliphatic heterocycles. The van der Waals surface area contributed by atoms with Crippen molar-refractivity contribution in [2.75, 3.05) is 27.4 Å². The average molecular weight is 287 g/mol. The molecule has 0 amide bonds. The Morgan fingerprint density at radius 1 is 1.35 bits per heavy atom. The molecule has 0 aliphatic carbocycles. The highest BCUT2D eigenvalue weighted by atomic mass is 19.1. The minimum Gasteiger partial charge on any atom is -0.487 e. The van der Waals surface area contributed by atoms with Crippen molar-refractivity contribution in [1.82, 2.24) is 0 Å². The molecule has 0 aromatic heterocycles. The predicted molar refractivity (Wildman–Crippen MR) is 66.4 cm³/mol. The summed E-state index contributed by atoms with van der Waals surface area (Å²) in [6.45, 7) is 0.555. The van der Waals surface area contributed by atoms with Crippen molar-refractivity contribution >= 4 is 11.7 Å². The molecule has 0 saturated heterocycles. The first-order valence-corrected chi connectivity index (χ1v) is 5.69. The number of methoxy groups -OCH3 is 2. The van der Waals surface area contributed by atoms with Crippen LogP contribution in [0.25, 0.3) is 0 Å². The van der Waals surface area contributed by atoms with E-state index < -0.39 is 28.0 Å². The fraction of sp³-hybridized carbons (Fsp3) is 0.417. The number of rotatable bonds is 7. The first-order valence-electron chi connectivity index (χ1n) is 5.69. The summed E-state index contributed by atoms with van der Waals surface area (Å²) in [5.41, 5.74) is -0.965. The Balaban J connectivity index is 3.04. The third kappa shape index (κ3) is 3.89. The van der Waals surface area contributed by atoms with Gasteiger partial charge in [-0.05, 0) is 0 Å². The Morgan fingerprint density at radius 3 is 2.60 bits per heavy atom. The lowest BCUT2D eigenvalue weighted by molar-refractivity contribution is -0.386. The molecule has 0 aliphatic rings. The van der Waals surface area contributed by atoms with Crippen LogP contribution in [0.15, 0.2) is 12.1 Å². The lowest BCUT2D eigenvalue weighted by atomic mass is 10.1. The predicted octanol–water partition coefficient (Wildman–Crippen LogP) is 1.94. The molecule has 0 fully saturated rings. The summed E-state index contributed by atoms with van der Waals surface area (Å²) >= 11 is 0. The zero-order valence-corrected chi connectivity index (χ0v) is 11.1. The lowest BCUT2D eigenvalue weighted by Gasteiger charge is -2.08. The molecule has 0 radical (unpaired) electrons. The van der Waals surface area contributed by atoms with Crippen LogP contribution in [0.4, 0.5) is 10.1 Å². The number of nitro benzene ring substituents is 1. The molecule has 7 nitrogen and oxygen atoms in total. The number of hydrogen-bond donors (Lipinski definition) is 0. The van der Waals surface area contributed by atoms with Gasteiger partial charge in [-0.15, -0.1) is 0 Å². The topological polar surface area (TPSA) is 87.9 Å². The van der Waals surface area contributed by atoms with Gasteiger partial charge >= 0.3 is 11.7 Å². The third-order valence-electron chi connectivity index (χ3n) is 2.40. The molecule has 0 heterocycles. The van der Waals surface area contributed by atoms with E-state index >= 15 is 0 Å². The maximum atomic E-state index is 13.6. The molecule has 1 rings (SSSR count). The van der Waals surface area contributed by atoms with Gasteiger partial charge < -0.3 is 14.2 Å². The molecule has 0 saturated carbocycles. The van der Waals surface area contributed by atoms with Gasteiger partial charge in [0, 0.05) is 26.2 Å². The van der Waals surface area contributed by atoms with Gasteiger partial charge in [-0.2, -0.15) is 0 Å². The van der Waals surface area contributed by atoms with Crippen molar-refractivity contribution in [2.45, 2.75) is 6.42 Å². The Hall–Kier alpha value is -2.22. The Bertz CT molecular complexity index is 505. The average Bonchev–Trinajstić information content (AvgIpc) is 2.43. The van der Waals surface area contributed by atoms with Crippen LogP contribution in [-0.2, 0) is 9.47 Å². The second kappa shape index (κ2) is 7.39. The molecule has 8 heteroatoms. The maximum absolute atomic E-state index is 13.6. The normalized spacial score (nSPS) is 10.2. The van der Waals surface area contributed by atoms with Gasteiger partial charge in [-0.1, -0.05) is 0 Å². The van der Waals surface area contributed by atoms with Gasteiger partial charge in [-0.3, -0.25) is 10.1 Å². The molecule has 0 unspecified atom stereocenters. The van der Waals surface area contributed by atoms with Gasteiger partial charge in [0.15, 0.2) is 5.75 Å². The van der Waals surface area contributed by atoms with E-state index in [1.165, 1.54) is 7.11 Å². The van der Waals surface area contributed by atoms with Crippen molar-refractivity contribution in [3.05, 3.63) is 33.6 Å².